The number of halogens is 3. The molecule has 0 bridgehead atoms. The van der Waals surface area contributed by atoms with Gasteiger partial charge in [-0.05, 0) is 37.3 Å². The van der Waals surface area contributed by atoms with Crippen molar-refractivity contribution in [3.05, 3.63) is 59.1 Å². The largest absolute Gasteiger partial charge is 0.461 e. The summed E-state index contributed by atoms with van der Waals surface area (Å²) in [5.41, 5.74) is 3.47. The first kappa shape index (κ1) is 22.7. The van der Waals surface area contributed by atoms with E-state index in [0.29, 0.717) is 0 Å². The van der Waals surface area contributed by atoms with Crippen molar-refractivity contribution >= 4 is 34.4 Å². The molecule has 2 aromatic heterocycles. The minimum Gasteiger partial charge on any atom is -0.461 e. The van der Waals surface area contributed by atoms with Crippen LogP contribution in [0.25, 0.3) is 11.0 Å². The fourth-order valence-corrected chi connectivity index (χ4v) is 3.01. The van der Waals surface area contributed by atoms with Crippen LogP contribution in [-0.4, -0.2) is 40.5 Å². The number of amides is 3. The lowest BCUT2D eigenvalue weighted by molar-refractivity contribution is -0.140. The van der Waals surface area contributed by atoms with Crippen molar-refractivity contribution < 1.29 is 37.1 Å². The first-order chi connectivity index (χ1) is 15.0. The first-order valence-electron chi connectivity index (χ1n) is 9.10. The molecule has 5 N–H and O–H groups in total. The maximum atomic E-state index is 13.1. The van der Waals surface area contributed by atoms with Crippen LogP contribution in [-0.2, 0) is 11.0 Å². The third-order valence-corrected chi connectivity index (χ3v) is 4.51. The fourth-order valence-electron chi connectivity index (χ4n) is 3.01. The molecule has 0 saturated carbocycles. The number of carbonyl (C=O) groups is 3. The zero-order chi connectivity index (χ0) is 23.6. The molecular weight excluding hydrogens is 433 g/mol. The van der Waals surface area contributed by atoms with Gasteiger partial charge in [0.05, 0.1) is 17.9 Å². The van der Waals surface area contributed by atoms with E-state index in [9.17, 15) is 32.7 Å². The monoisotopic (exact) mass is 450 g/mol. The molecule has 0 aliphatic heterocycles. The van der Waals surface area contributed by atoms with Crippen LogP contribution in [0.15, 0.2) is 40.9 Å². The van der Waals surface area contributed by atoms with Gasteiger partial charge >= 0.3 is 6.18 Å². The Balaban J connectivity index is 1.95. The van der Waals surface area contributed by atoms with Crippen molar-refractivity contribution in [1.82, 2.24) is 10.3 Å². The number of fused-ring (bicyclic) bond motifs is 1. The number of aliphatic hydroxyl groups is 1. The molecule has 0 spiro atoms. The summed E-state index contributed by atoms with van der Waals surface area (Å²) in [6, 6.07) is 4.91. The molecule has 3 amide bonds. The van der Waals surface area contributed by atoms with Crippen LogP contribution >= 0.6 is 0 Å². The van der Waals surface area contributed by atoms with E-state index >= 15 is 0 Å². The average molecular weight is 450 g/mol. The van der Waals surface area contributed by atoms with Crippen LogP contribution in [0.1, 0.15) is 32.2 Å². The molecule has 9 nitrogen and oxygen atoms in total. The van der Waals surface area contributed by atoms with Crippen molar-refractivity contribution in [2.24, 2.45) is 5.73 Å². The zero-order valence-electron chi connectivity index (χ0n) is 16.5. The number of hydrogen-bond acceptors (Lipinski definition) is 6. The molecule has 0 saturated heterocycles. The average Bonchev–Trinajstić information content (AvgIpc) is 3.06. The summed E-state index contributed by atoms with van der Waals surface area (Å²) in [6.07, 6.45) is -3.82. The van der Waals surface area contributed by atoms with Gasteiger partial charge in [-0.25, -0.2) is 4.98 Å². The van der Waals surface area contributed by atoms with Crippen LogP contribution in [0.5, 0.6) is 0 Å². The summed E-state index contributed by atoms with van der Waals surface area (Å²) in [6.45, 7) is 0.744. The second-order valence-electron chi connectivity index (χ2n) is 6.71. The van der Waals surface area contributed by atoms with Crippen molar-refractivity contribution in [1.29, 1.82) is 0 Å². The summed E-state index contributed by atoms with van der Waals surface area (Å²) in [7, 11) is 0. The third-order valence-electron chi connectivity index (χ3n) is 4.51. The topological polar surface area (TPSA) is 148 Å². The summed E-state index contributed by atoms with van der Waals surface area (Å²) in [5, 5.41) is 13.8. The number of nitrogens with zero attached hydrogens (tertiary/aromatic N) is 1. The number of pyridine rings is 1. The van der Waals surface area contributed by atoms with E-state index in [-0.39, 0.29) is 27.9 Å². The SMILES string of the molecule is Cc1oc2ccc(C(=O)Nc3cccnc3C(F)(F)F)cc2c1C(=O)N[C@@H](CO)C(N)=O. The number of hydrogen-bond donors (Lipinski definition) is 4. The van der Waals surface area contributed by atoms with Gasteiger partial charge in [0.2, 0.25) is 5.91 Å². The Morgan fingerprint density at radius 2 is 1.94 bits per heavy atom. The van der Waals surface area contributed by atoms with E-state index < -0.39 is 47.9 Å². The highest BCUT2D eigenvalue weighted by Crippen LogP contribution is 2.33. The number of anilines is 1. The number of alkyl halides is 3. The minimum absolute atomic E-state index is 0.0216. The predicted molar refractivity (Wildman–Crippen MR) is 106 cm³/mol. The van der Waals surface area contributed by atoms with E-state index in [4.69, 9.17) is 10.2 Å². The number of carbonyl (C=O) groups excluding carboxylic acids is 3. The molecular formula is C20H17F3N4O5. The third kappa shape index (κ3) is 4.54. The van der Waals surface area contributed by atoms with Gasteiger partial charge in [0.1, 0.15) is 17.4 Å². The van der Waals surface area contributed by atoms with E-state index in [1.807, 2.05) is 0 Å². The molecule has 0 aliphatic rings. The van der Waals surface area contributed by atoms with Crippen molar-refractivity contribution in [2.45, 2.75) is 19.1 Å². The van der Waals surface area contributed by atoms with Crippen LogP contribution < -0.4 is 16.4 Å². The lowest BCUT2D eigenvalue weighted by Crippen LogP contribution is -2.46. The quantitative estimate of drug-likeness (QED) is 0.452. The van der Waals surface area contributed by atoms with E-state index in [1.54, 1.807) is 0 Å². The summed E-state index contributed by atoms with van der Waals surface area (Å²) in [4.78, 5) is 39.8. The Hall–Kier alpha value is -3.93. The van der Waals surface area contributed by atoms with E-state index in [2.05, 4.69) is 15.6 Å². The molecule has 0 unspecified atom stereocenters. The van der Waals surface area contributed by atoms with E-state index in [1.165, 1.54) is 31.2 Å². The maximum Gasteiger partial charge on any atom is 0.435 e. The van der Waals surface area contributed by atoms with Crippen LogP contribution in [0.4, 0.5) is 18.9 Å². The maximum absolute atomic E-state index is 13.1. The number of rotatable bonds is 6. The van der Waals surface area contributed by atoms with Crippen LogP contribution in [0.2, 0.25) is 0 Å². The predicted octanol–water partition coefficient (Wildman–Crippen LogP) is 1.98. The van der Waals surface area contributed by atoms with Crippen LogP contribution in [0, 0.1) is 6.92 Å². The molecule has 168 valence electrons. The molecule has 3 aromatic rings. The Morgan fingerprint density at radius 1 is 1.22 bits per heavy atom. The highest BCUT2D eigenvalue weighted by Gasteiger charge is 2.35. The van der Waals surface area contributed by atoms with Crippen LogP contribution in [0.3, 0.4) is 0 Å². The van der Waals surface area contributed by atoms with Gasteiger partial charge in [-0.3, -0.25) is 14.4 Å². The zero-order valence-corrected chi connectivity index (χ0v) is 16.5. The van der Waals surface area contributed by atoms with E-state index in [0.717, 1.165) is 12.3 Å². The normalized spacial score (nSPS) is 12.4. The molecule has 12 heteroatoms. The van der Waals surface area contributed by atoms with Gasteiger partial charge in [-0.15, -0.1) is 0 Å². The lowest BCUT2D eigenvalue weighted by atomic mass is 10.1. The first-order valence-corrected chi connectivity index (χ1v) is 9.10. The molecule has 0 aliphatic carbocycles. The standard InChI is InChI=1S/C20H17F3N4O5/c1-9-15(19(31)27-13(8-28)17(24)29)11-7-10(4-5-14(11)32-9)18(30)26-12-3-2-6-25-16(12)20(21,22)23/h2-7,13,28H,8H2,1H3,(H2,24,29)(H,26,30)(H,27,31)/t13-/m0/s1. The number of benzene rings is 1. The van der Waals surface area contributed by atoms with Gasteiger partial charge < -0.3 is 25.9 Å². The Kier molecular flexibility index (Phi) is 6.16. The fraction of sp³-hybridized carbons (Fsp3) is 0.200. The highest BCUT2D eigenvalue weighted by molar-refractivity contribution is 6.11. The Morgan fingerprint density at radius 3 is 2.56 bits per heavy atom. The van der Waals surface area contributed by atoms with Crippen molar-refractivity contribution in [2.75, 3.05) is 11.9 Å². The summed E-state index contributed by atoms with van der Waals surface area (Å²) in [5.74, 6) is -2.46. The summed E-state index contributed by atoms with van der Waals surface area (Å²) < 4.78 is 44.9. The number of furan rings is 1. The van der Waals surface area contributed by atoms with Gasteiger partial charge in [-0.2, -0.15) is 13.2 Å². The molecule has 1 aromatic carbocycles. The molecule has 32 heavy (non-hydrogen) atoms. The number of aryl methyl sites for hydroxylation is 1. The highest BCUT2D eigenvalue weighted by atomic mass is 19.4. The van der Waals surface area contributed by atoms with Gasteiger partial charge in [-0.1, -0.05) is 0 Å². The van der Waals surface area contributed by atoms with Gasteiger partial charge in [0.15, 0.2) is 5.69 Å². The Bertz CT molecular complexity index is 1210. The lowest BCUT2D eigenvalue weighted by Gasteiger charge is -2.13. The smallest absolute Gasteiger partial charge is 0.435 e. The van der Waals surface area contributed by atoms with Crippen molar-refractivity contribution in [3.8, 4) is 0 Å². The molecule has 0 fully saturated rings. The molecule has 2 heterocycles. The number of nitrogens with two attached hydrogens (primary N) is 1. The van der Waals surface area contributed by atoms with Crippen molar-refractivity contribution in [3.63, 3.8) is 0 Å². The van der Waals surface area contributed by atoms with Gasteiger partial charge in [0.25, 0.3) is 11.8 Å². The minimum atomic E-state index is -4.77. The molecule has 3 rings (SSSR count). The number of aromatic nitrogens is 1. The summed E-state index contributed by atoms with van der Waals surface area (Å²) >= 11 is 0. The molecule has 1 atom stereocenters. The molecule has 0 radical (unpaired) electrons. The second-order valence-corrected chi connectivity index (χ2v) is 6.71. The second kappa shape index (κ2) is 8.67. The number of primary amides is 1. The van der Waals surface area contributed by atoms with Gasteiger partial charge in [0, 0.05) is 17.1 Å². The number of nitrogens with one attached hydrogen (secondary N) is 2. The Labute approximate surface area is 178 Å². The number of aliphatic hydroxyl groups excluding tert-OH is 1.